The number of hydrogen-bond acceptors (Lipinski definition) is 2. The van der Waals surface area contributed by atoms with Gasteiger partial charge in [0.05, 0.1) is 11.5 Å². The molecule has 0 atom stereocenters. The zero-order valence-electron chi connectivity index (χ0n) is 8.17. The number of rotatable bonds is 4. The second-order valence-corrected chi connectivity index (χ2v) is 3.20. The number of amidine groups is 1. The van der Waals surface area contributed by atoms with E-state index in [9.17, 15) is 0 Å². The third kappa shape index (κ3) is 2.57. The maximum atomic E-state index is 7.18. The standard InChI is InChI=1S/C9H16N4/c1-3-4-13-6-8(5-9(10)11)7(2)12-13/h6H,3-5H2,1-2H3,(H3,10,11). The molecular formula is C9H16N4. The molecule has 3 N–H and O–H groups in total. The fourth-order valence-electron chi connectivity index (χ4n) is 1.28. The molecule has 1 heterocycles. The van der Waals surface area contributed by atoms with Crippen molar-refractivity contribution in [2.75, 3.05) is 0 Å². The molecule has 1 rings (SSSR count). The summed E-state index contributed by atoms with van der Waals surface area (Å²) >= 11 is 0. The predicted octanol–water partition coefficient (Wildman–Crippen LogP) is 1.08. The lowest BCUT2D eigenvalue weighted by Gasteiger charge is -1.95. The van der Waals surface area contributed by atoms with Gasteiger partial charge in [0, 0.05) is 24.7 Å². The Bertz CT molecular complexity index is 301. The Morgan fingerprint density at radius 2 is 2.38 bits per heavy atom. The second-order valence-electron chi connectivity index (χ2n) is 3.20. The zero-order chi connectivity index (χ0) is 9.84. The molecule has 13 heavy (non-hydrogen) atoms. The molecule has 72 valence electrons. The van der Waals surface area contributed by atoms with Crippen molar-refractivity contribution < 1.29 is 0 Å². The first-order valence-corrected chi connectivity index (χ1v) is 4.49. The SMILES string of the molecule is CCCn1cc(CC(=N)N)c(C)n1. The second kappa shape index (κ2) is 4.07. The molecule has 0 saturated heterocycles. The highest BCUT2D eigenvalue weighted by Crippen LogP contribution is 2.06. The minimum atomic E-state index is 0.194. The molecule has 4 heteroatoms. The fourth-order valence-corrected chi connectivity index (χ4v) is 1.28. The van der Waals surface area contributed by atoms with E-state index in [1.807, 2.05) is 17.8 Å². The molecule has 1 aromatic rings. The quantitative estimate of drug-likeness (QED) is 0.537. The lowest BCUT2D eigenvalue weighted by atomic mass is 10.2. The molecular weight excluding hydrogens is 164 g/mol. The maximum Gasteiger partial charge on any atom is 0.0951 e. The summed E-state index contributed by atoms with van der Waals surface area (Å²) in [7, 11) is 0. The molecule has 0 fully saturated rings. The van der Waals surface area contributed by atoms with Gasteiger partial charge in [-0.05, 0) is 13.3 Å². The van der Waals surface area contributed by atoms with E-state index in [4.69, 9.17) is 11.1 Å². The van der Waals surface area contributed by atoms with Crippen molar-refractivity contribution in [3.05, 3.63) is 17.5 Å². The van der Waals surface area contributed by atoms with Gasteiger partial charge in [-0.15, -0.1) is 0 Å². The Morgan fingerprint density at radius 3 is 2.92 bits per heavy atom. The van der Waals surface area contributed by atoms with Crippen LogP contribution in [0, 0.1) is 12.3 Å². The van der Waals surface area contributed by atoms with E-state index in [1.165, 1.54) is 0 Å². The van der Waals surface area contributed by atoms with Crippen molar-refractivity contribution in [1.82, 2.24) is 9.78 Å². The molecule has 0 bridgehead atoms. The molecule has 0 spiro atoms. The number of aromatic nitrogens is 2. The Kier molecular flexibility index (Phi) is 3.06. The highest BCUT2D eigenvalue weighted by Gasteiger charge is 2.04. The van der Waals surface area contributed by atoms with Crippen LogP contribution in [-0.4, -0.2) is 15.6 Å². The highest BCUT2D eigenvalue weighted by atomic mass is 15.3. The number of aryl methyl sites for hydroxylation is 2. The normalized spacial score (nSPS) is 10.3. The minimum Gasteiger partial charge on any atom is -0.387 e. The van der Waals surface area contributed by atoms with E-state index in [0.29, 0.717) is 6.42 Å². The third-order valence-corrected chi connectivity index (χ3v) is 1.88. The van der Waals surface area contributed by atoms with Crippen molar-refractivity contribution in [2.24, 2.45) is 5.73 Å². The molecule has 4 nitrogen and oxygen atoms in total. The van der Waals surface area contributed by atoms with E-state index >= 15 is 0 Å². The zero-order valence-corrected chi connectivity index (χ0v) is 8.17. The van der Waals surface area contributed by atoms with E-state index in [2.05, 4.69) is 12.0 Å². The first-order chi connectivity index (χ1) is 6.13. The monoisotopic (exact) mass is 180 g/mol. The van der Waals surface area contributed by atoms with Gasteiger partial charge in [-0.3, -0.25) is 10.1 Å². The third-order valence-electron chi connectivity index (χ3n) is 1.88. The predicted molar refractivity (Wildman–Crippen MR) is 52.9 cm³/mol. The molecule has 0 unspecified atom stereocenters. The van der Waals surface area contributed by atoms with Crippen LogP contribution >= 0.6 is 0 Å². The van der Waals surface area contributed by atoms with Crippen LogP contribution in [0.4, 0.5) is 0 Å². The lowest BCUT2D eigenvalue weighted by molar-refractivity contribution is 0.598. The van der Waals surface area contributed by atoms with Crippen LogP contribution in [-0.2, 0) is 13.0 Å². The summed E-state index contributed by atoms with van der Waals surface area (Å²) < 4.78 is 1.91. The Labute approximate surface area is 78.3 Å². The van der Waals surface area contributed by atoms with Crippen LogP contribution in [0.15, 0.2) is 6.20 Å². The summed E-state index contributed by atoms with van der Waals surface area (Å²) in [5.41, 5.74) is 7.35. The van der Waals surface area contributed by atoms with Crippen molar-refractivity contribution in [3.8, 4) is 0 Å². The lowest BCUT2D eigenvalue weighted by Crippen LogP contribution is -2.12. The van der Waals surface area contributed by atoms with Crippen molar-refractivity contribution in [2.45, 2.75) is 33.2 Å². The van der Waals surface area contributed by atoms with Crippen molar-refractivity contribution in [1.29, 1.82) is 5.41 Å². The first kappa shape index (κ1) is 9.77. The highest BCUT2D eigenvalue weighted by molar-refractivity contribution is 5.79. The van der Waals surface area contributed by atoms with Gasteiger partial charge in [0.15, 0.2) is 0 Å². The molecule has 0 radical (unpaired) electrons. The number of hydrogen-bond donors (Lipinski definition) is 2. The Hall–Kier alpha value is -1.32. The van der Waals surface area contributed by atoms with Gasteiger partial charge < -0.3 is 5.73 Å². The molecule has 1 aromatic heterocycles. The molecule has 0 aliphatic carbocycles. The summed E-state index contributed by atoms with van der Waals surface area (Å²) in [5.74, 6) is 0.194. The van der Waals surface area contributed by atoms with Gasteiger partial charge in [0.25, 0.3) is 0 Å². The molecule has 0 amide bonds. The van der Waals surface area contributed by atoms with Gasteiger partial charge in [0.1, 0.15) is 0 Å². The van der Waals surface area contributed by atoms with Crippen LogP contribution in [0.2, 0.25) is 0 Å². The molecule has 0 saturated carbocycles. The van der Waals surface area contributed by atoms with Gasteiger partial charge >= 0.3 is 0 Å². The largest absolute Gasteiger partial charge is 0.387 e. The van der Waals surface area contributed by atoms with E-state index < -0.39 is 0 Å². The van der Waals surface area contributed by atoms with E-state index in [1.54, 1.807) is 0 Å². The Balaban J connectivity index is 2.77. The first-order valence-electron chi connectivity index (χ1n) is 4.49. The maximum absolute atomic E-state index is 7.18. The van der Waals surface area contributed by atoms with Gasteiger partial charge in [-0.25, -0.2) is 0 Å². The van der Waals surface area contributed by atoms with Crippen LogP contribution in [0.3, 0.4) is 0 Å². The summed E-state index contributed by atoms with van der Waals surface area (Å²) in [6.07, 6.45) is 3.55. The van der Waals surface area contributed by atoms with Gasteiger partial charge in [-0.1, -0.05) is 6.92 Å². The number of nitrogens with zero attached hydrogens (tertiary/aromatic N) is 2. The van der Waals surface area contributed by atoms with Crippen molar-refractivity contribution in [3.63, 3.8) is 0 Å². The van der Waals surface area contributed by atoms with Crippen LogP contribution in [0.5, 0.6) is 0 Å². The van der Waals surface area contributed by atoms with Crippen LogP contribution < -0.4 is 5.73 Å². The minimum absolute atomic E-state index is 0.194. The van der Waals surface area contributed by atoms with Crippen molar-refractivity contribution >= 4 is 5.84 Å². The summed E-state index contributed by atoms with van der Waals surface area (Å²) in [5, 5.41) is 11.5. The van der Waals surface area contributed by atoms with Crippen LogP contribution in [0.1, 0.15) is 24.6 Å². The van der Waals surface area contributed by atoms with Gasteiger partial charge in [-0.2, -0.15) is 5.10 Å². The van der Waals surface area contributed by atoms with E-state index in [0.717, 1.165) is 24.2 Å². The summed E-state index contributed by atoms with van der Waals surface area (Å²) in [6.45, 7) is 4.99. The molecule has 0 aliphatic heterocycles. The van der Waals surface area contributed by atoms with Gasteiger partial charge in [0.2, 0.25) is 0 Å². The van der Waals surface area contributed by atoms with E-state index in [-0.39, 0.29) is 5.84 Å². The fraction of sp³-hybridized carbons (Fsp3) is 0.556. The molecule has 0 aliphatic rings. The number of nitrogens with two attached hydrogens (primary N) is 1. The smallest absolute Gasteiger partial charge is 0.0951 e. The average Bonchev–Trinajstić information content (AvgIpc) is 2.31. The Morgan fingerprint density at radius 1 is 1.69 bits per heavy atom. The average molecular weight is 180 g/mol. The summed E-state index contributed by atoms with van der Waals surface area (Å²) in [6, 6.07) is 0. The topological polar surface area (TPSA) is 67.7 Å². The summed E-state index contributed by atoms with van der Waals surface area (Å²) in [4.78, 5) is 0. The number of nitrogens with one attached hydrogen (secondary N) is 1. The molecule has 0 aromatic carbocycles. The van der Waals surface area contributed by atoms with Crippen LogP contribution in [0.25, 0.3) is 0 Å².